The molecule has 2 aliphatic heterocycles. The Kier molecular flexibility index (Phi) is 4.66. The van der Waals surface area contributed by atoms with E-state index in [4.69, 9.17) is 9.47 Å². The molecule has 0 saturated carbocycles. The number of carbonyl (C=O) groups excluding carboxylic acids is 2. The Bertz CT molecular complexity index is 960. The standard InChI is InChI=1S/C21H21FN2O4/c1-27-18-7-12-5-6-24(11-13(12)8-19(18)28-2)21(26)16-10-20(25)23-17-9-14(22)3-4-15(16)17/h3-4,7-9,16H,5-6,10-11H2,1-2H3,(H,23,25)/t16-/m0/s1. The van der Waals surface area contributed by atoms with Crippen molar-refractivity contribution >= 4 is 17.5 Å². The summed E-state index contributed by atoms with van der Waals surface area (Å²) in [4.78, 5) is 27.0. The Balaban J connectivity index is 1.61. The number of anilines is 1. The number of hydrogen-bond donors (Lipinski definition) is 1. The molecular weight excluding hydrogens is 363 g/mol. The van der Waals surface area contributed by atoms with Crippen LogP contribution in [0.3, 0.4) is 0 Å². The van der Waals surface area contributed by atoms with Crippen molar-refractivity contribution in [3.63, 3.8) is 0 Å². The Morgan fingerprint density at radius 2 is 1.86 bits per heavy atom. The topological polar surface area (TPSA) is 67.9 Å². The molecule has 28 heavy (non-hydrogen) atoms. The van der Waals surface area contributed by atoms with Gasteiger partial charge in [-0.2, -0.15) is 0 Å². The van der Waals surface area contributed by atoms with Gasteiger partial charge in [0, 0.05) is 25.2 Å². The number of rotatable bonds is 3. The summed E-state index contributed by atoms with van der Waals surface area (Å²) >= 11 is 0. The minimum atomic E-state index is -0.606. The summed E-state index contributed by atoms with van der Waals surface area (Å²) in [6.07, 6.45) is 0.753. The molecule has 6 nitrogen and oxygen atoms in total. The molecule has 2 aliphatic rings. The molecule has 0 saturated heterocycles. The third-order valence-corrected chi connectivity index (χ3v) is 5.38. The highest BCUT2D eigenvalue weighted by molar-refractivity contribution is 6.01. The van der Waals surface area contributed by atoms with Crippen molar-refractivity contribution in [2.75, 3.05) is 26.1 Å². The van der Waals surface area contributed by atoms with Crippen molar-refractivity contribution in [1.29, 1.82) is 0 Å². The number of benzene rings is 2. The van der Waals surface area contributed by atoms with Gasteiger partial charge in [0.15, 0.2) is 11.5 Å². The highest BCUT2D eigenvalue weighted by atomic mass is 19.1. The first-order valence-corrected chi connectivity index (χ1v) is 9.12. The van der Waals surface area contributed by atoms with Gasteiger partial charge < -0.3 is 19.7 Å². The number of nitrogens with one attached hydrogen (secondary N) is 1. The monoisotopic (exact) mass is 384 g/mol. The lowest BCUT2D eigenvalue weighted by molar-refractivity contribution is -0.135. The predicted octanol–water partition coefficient (Wildman–Crippen LogP) is 2.85. The smallest absolute Gasteiger partial charge is 0.231 e. The number of carbonyl (C=O) groups is 2. The number of ether oxygens (including phenoxy) is 2. The van der Waals surface area contributed by atoms with Crippen LogP contribution in [0, 0.1) is 5.82 Å². The van der Waals surface area contributed by atoms with Crippen LogP contribution in [0.5, 0.6) is 11.5 Å². The average Bonchev–Trinajstić information content (AvgIpc) is 2.70. The zero-order valence-corrected chi connectivity index (χ0v) is 15.8. The van der Waals surface area contributed by atoms with Crippen LogP contribution in [0.1, 0.15) is 29.0 Å². The molecule has 7 heteroatoms. The average molecular weight is 384 g/mol. The van der Waals surface area contributed by atoms with Gasteiger partial charge in [-0.25, -0.2) is 4.39 Å². The number of hydrogen-bond acceptors (Lipinski definition) is 4. The molecule has 0 fully saturated rings. The maximum Gasteiger partial charge on any atom is 0.231 e. The minimum absolute atomic E-state index is 0.0623. The molecule has 2 aromatic rings. The molecule has 2 heterocycles. The quantitative estimate of drug-likeness (QED) is 0.884. The van der Waals surface area contributed by atoms with Crippen molar-refractivity contribution in [3.8, 4) is 11.5 Å². The van der Waals surface area contributed by atoms with E-state index in [0.717, 1.165) is 11.1 Å². The van der Waals surface area contributed by atoms with Crippen LogP contribution in [-0.4, -0.2) is 37.5 Å². The lowest BCUT2D eigenvalue weighted by atomic mass is 9.88. The summed E-state index contributed by atoms with van der Waals surface area (Å²) in [5, 5.41) is 2.65. The van der Waals surface area contributed by atoms with E-state index in [1.165, 1.54) is 12.1 Å². The van der Waals surface area contributed by atoms with Gasteiger partial charge in [0.25, 0.3) is 0 Å². The number of fused-ring (bicyclic) bond motifs is 2. The van der Waals surface area contributed by atoms with Crippen molar-refractivity contribution in [1.82, 2.24) is 4.90 Å². The fourth-order valence-electron chi connectivity index (χ4n) is 3.95. The van der Waals surface area contributed by atoms with Crippen LogP contribution in [0.25, 0.3) is 0 Å². The van der Waals surface area contributed by atoms with E-state index in [0.29, 0.717) is 42.3 Å². The first-order chi connectivity index (χ1) is 13.5. The van der Waals surface area contributed by atoms with Crippen LogP contribution < -0.4 is 14.8 Å². The fourth-order valence-corrected chi connectivity index (χ4v) is 3.95. The van der Waals surface area contributed by atoms with E-state index in [-0.39, 0.29) is 18.2 Å². The van der Waals surface area contributed by atoms with E-state index in [9.17, 15) is 14.0 Å². The van der Waals surface area contributed by atoms with E-state index < -0.39 is 11.7 Å². The number of methoxy groups -OCH3 is 2. The van der Waals surface area contributed by atoms with Crippen molar-refractivity contribution < 1.29 is 23.5 Å². The van der Waals surface area contributed by atoms with Gasteiger partial charge in [0.1, 0.15) is 5.82 Å². The summed E-state index contributed by atoms with van der Waals surface area (Å²) < 4.78 is 24.3. The van der Waals surface area contributed by atoms with E-state index in [1.807, 2.05) is 12.1 Å². The highest BCUT2D eigenvalue weighted by Gasteiger charge is 2.35. The Hall–Kier alpha value is -3.09. The second-order valence-electron chi connectivity index (χ2n) is 7.02. The van der Waals surface area contributed by atoms with Crippen LogP contribution >= 0.6 is 0 Å². The van der Waals surface area contributed by atoms with Gasteiger partial charge in [-0.15, -0.1) is 0 Å². The Morgan fingerprint density at radius 1 is 1.14 bits per heavy atom. The van der Waals surface area contributed by atoms with Crippen LogP contribution in [0.2, 0.25) is 0 Å². The Morgan fingerprint density at radius 3 is 2.57 bits per heavy atom. The second-order valence-corrected chi connectivity index (χ2v) is 7.02. The van der Waals surface area contributed by atoms with E-state index >= 15 is 0 Å². The van der Waals surface area contributed by atoms with Gasteiger partial charge >= 0.3 is 0 Å². The van der Waals surface area contributed by atoms with Gasteiger partial charge in [-0.3, -0.25) is 9.59 Å². The lowest BCUT2D eigenvalue weighted by Crippen LogP contribution is -2.41. The molecule has 0 spiro atoms. The molecule has 1 N–H and O–H groups in total. The van der Waals surface area contributed by atoms with Gasteiger partial charge in [0.2, 0.25) is 11.8 Å². The molecular formula is C21H21FN2O4. The van der Waals surface area contributed by atoms with Crippen molar-refractivity contribution in [3.05, 3.63) is 52.8 Å². The third-order valence-electron chi connectivity index (χ3n) is 5.38. The maximum atomic E-state index is 13.5. The first-order valence-electron chi connectivity index (χ1n) is 9.12. The summed E-state index contributed by atoms with van der Waals surface area (Å²) in [6, 6.07) is 8.00. The van der Waals surface area contributed by atoms with Gasteiger partial charge in [-0.05, 0) is 47.4 Å². The normalized spacial score (nSPS) is 18.0. The van der Waals surface area contributed by atoms with Crippen LogP contribution in [-0.2, 0) is 22.6 Å². The molecule has 146 valence electrons. The number of halogens is 1. The largest absolute Gasteiger partial charge is 0.493 e. The molecule has 0 radical (unpaired) electrons. The van der Waals surface area contributed by atoms with E-state index in [2.05, 4.69) is 5.32 Å². The summed E-state index contributed by atoms with van der Waals surface area (Å²) in [5.41, 5.74) is 3.14. The lowest BCUT2D eigenvalue weighted by Gasteiger charge is -2.34. The predicted molar refractivity (Wildman–Crippen MR) is 101 cm³/mol. The summed E-state index contributed by atoms with van der Waals surface area (Å²) in [5.74, 6) is -0.163. The minimum Gasteiger partial charge on any atom is -0.493 e. The fraction of sp³-hybridized carbons (Fsp3) is 0.333. The van der Waals surface area contributed by atoms with Gasteiger partial charge in [0.05, 0.1) is 20.1 Å². The first kappa shape index (κ1) is 18.3. The SMILES string of the molecule is COc1cc2c(cc1OC)CN(C(=O)[C@H]1CC(=O)Nc3cc(F)ccc31)CC2. The molecule has 0 unspecified atom stereocenters. The molecule has 0 bridgehead atoms. The molecule has 1 atom stereocenters. The zero-order chi connectivity index (χ0) is 19.8. The maximum absolute atomic E-state index is 13.5. The van der Waals surface area contributed by atoms with Crippen molar-refractivity contribution in [2.24, 2.45) is 0 Å². The zero-order valence-electron chi connectivity index (χ0n) is 15.8. The highest BCUT2D eigenvalue weighted by Crippen LogP contribution is 2.37. The van der Waals surface area contributed by atoms with Gasteiger partial charge in [-0.1, -0.05) is 6.07 Å². The second kappa shape index (κ2) is 7.14. The molecule has 4 rings (SSSR count). The molecule has 0 aromatic heterocycles. The number of nitrogens with zero attached hydrogens (tertiary/aromatic N) is 1. The molecule has 0 aliphatic carbocycles. The number of amides is 2. The van der Waals surface area contributed by atoms with Crippen LogP contribution in [0.15, 0.2) is 30.3 Å². The molecule has 2 aromatic carbocycles. The summed E-state index contributed by atoms with van der Waals surface area (Å²) in [7, 11) is 3.17. The van der Waals surface area contributed by atoms with Crippen molar-refractivity contribution in [2.45, 2.75) is 25.3 Å². The van der Waals surface area contributed by atoms with E-state index in [1.54, 1.807) is 25.2 Å². The van der Waals surface area contributed by atoms with Crippen LogP contribution in [0.4, 0.5) is 10.1 Å². The Labute approximate surface area is 162 Å². The summed E-state index contributed by atoms with van der Waals surface area (Å²) in [6.45, 7) is 0.985. The third kappa shape index (κ3) is 3.17. The molecule has 2 amide bonds.